The quantitative estimate of drug-likeness (QED) is 0.360. The van der Waals surface area contributed by atoms with Gasteiger partial charge in [0.25, 0.3) is 0 Å². The maximum Gasteiger partial charge on any atom is 0.409 e. The summed E-state index contributed by atoms with van der Waals surface area (Å²) in [5.41, 5.74) is 6.17. The van der Waals surface area contributed by atoms with Gasteiger partial charge in [0.1, 0.15) is 13.2 Å². The first kappa shape index (κ1) is 23.8. The monoisotopic (exact) mass is 467 g/mol. The predicted octanol–water partition coefficient (Wildman–Crippen LogP) is 3.67. The van der Waals surface area contributed by atoms with Gasteiger partial charge < -0.3 is 24.0 Å². The van der Waals surface area contributed by atoms with Gasteiger partial charge in [0.2, 0.25) is 5.88 Å². The van der Waals surface area contributed by atoms with Crippen LogP contribution < -0.4 is 15.1 Å². The molecule has 182 valence electrons. The lowest BCUT2D eigenvalue weighted by Gasteiger charge is -2.29. The normalized spacial score (nSPS) is 16.5. The van der Waals surface area contributed by atoms with E-state index in [-0.39, 0.29) is 19.3 Å². The number of carbonyl (C=O) groups excluding carboxylic acids is 1. The summed E-state index contributed by atoms with van der Waals surface area (Å²) in [6.07, 6.45) is 4.73. The van der Waals surface area contributed by atoms with Gasteiger partial charge >= 0.3 is 6.09 Å². The van der Waals surface area contributed by atoms with Crippen LogP contribution in [0.1, 0.15) is 30.4 Å². The maximum atomic E-state index is 12.2. The highest BCUT2D eigenvalue weighted by atomic mass is 16.6. The highest BCUT2D eigenvalue weighted by Gasteiger charge is 2.18. The molecule has 0 bridgehead atoms. The van der Waals surface area contributed by atoms with Gasteiger partial charge in [0.15, 0.2) is 5.82 Å². The number of hydrazone groups is 1. The molecule has 1 amide bonds. The number of nitrogens with zero attached hydrogens (tertiary/aromatic N) is 4. The topological polar surface area (TPSA) is 88.5 Å². The number of benzene rings is 1. The zero-order valence-electron chi connectivity index (χ0n) is 19.7. The molecule has 0 unspecified atom stereocenters. The Labute approximate surface area is 200 Å². The molecule has 1 aromatic heterocycles. The molecule has 0 aliphatic carbocycles. The molecular weight excluding hydrogens is 434 g/mol. The molecular formula is C25H33N5O4. The highest BCUT2D eigenvalue weighted by Crippen LogP contribution is 2.25. The molecule has 1 N–H and O–H groups in total. The molecule has 2 aromatic rings. The highest BCUT2D eigenvalue weighted by molar-refractivity contribution is 5.80. The number of rotatable bonds is 8. The van der Waals surface area contributed by atoms with E-state index in [1.54, 1.807) is 11.1 Å². The largest absolute Gasteiger partial charge is 0.474 e. The first-order chi connectivity index (χ1) is 16.7. The summed E-state index contributed by atoms with van der Waals surface area (Å²) in [6, 6.07) is 11.9. The van der Waals surface area contributed by atoms with Gasteiger partial charge in [0, 0.05) is 44.0 Å². The van der Waals surface area contributed by atoms with Crippen LogP contribution in [-0.4, -0.2) is 74.8 Å². The number of piperidine rings is 1. The van der Waals surface area contributed by atoms with Crippen LogP contribution in [0.4, 0.5) is 16.3 Å². The number of amides is 1. The first-order valence-corrected chi connectivity index (χ1v) is 11.9. The molecule has 2 aliphatic heterocycles. The van der Waals surface area contributed by atoms with Crippen LogP contribution >= 0.6 is 0 Å². The van der Waals surface area contributed by atoms with Gasteiger partial charge in [-0.2, -0.15) is 10.1 Å². The number of likely N-dealkylation sites (tertiary alicyclic amines) is 1. The second kappa shape index (κ2) is 12.2. The average molecular weight is 468 g/mol. The predicted molar refractivity (Wildman–Crippen MR) is 132 cm³/mol. The molecule has 2 fully saturated rings. The van der Waals surface area contributed by atoms with Crippen molar-refractivity contribution in [2.24, 2.45) is 5.10 Å². The molecule has 2 saturated heterocycles. The van der Waals surface area contributed by atoms with Crippen molar-refractivity contribution in [1.82, 2.24) is 9.88 Å². The van der Waals surface area contributed by atoms with Crippen molar-refractivity contribution in [3.63, 3.8) is 0 Å². The van der Waals surface area contributed by atoms with Crippen LogP contribution in [0, 0.1) is 6.92 Å². The van der Waals surface area contributed by atoms with Crippen LogP contribution in [0.15, 0.2) is 41.5 Å². The lowest BCUT2D eigenvalue weighted by Crippen LogP contribution is -2.36. The minimum atomic E-state index is -0.272. The van der Waals surface area contributed by atoms with Gasteiger partial charge in [-0.15, -0.1) is 0 Å². The van der Waals surface area contributed by atoms with E-state index in [0.717, 1.165) is 50.3 Å². The molecule has 3 heterocycles. The number of nitrogens with one attached hydrogen (secondary N) is 1. The van der Waals surface area contributed by atoms with Gasteiger partial charge in [-0.25, -0.2) is 4.79 Å². The Kier molecular flexibility index (Phi) is 8.56. The number of carbonyl (C=O) groups is 1. The Balaban J connectivity index is 1.37. The Hall–Kier alpha value is -3.33. The number of ether oxygens (including phenoxy) is 3. The van der Waals surface area contributed by atoms with E-state index >= 15 is 0 Å². The first-order valence-electron chi connectivity index (χ1n) is 11.9. The minimum absolute atomic E-state index is 0.174. The van der Waals surface area contributed by atoms with E-state index in [4.69, 9.17) is 14.2 Å². The lowest BCUT2D eigenvalue weighted by atomic mass is 10.1. The Morgan fingerprint density at radius 3 is 2.74 bits per heavy atom. The van der Waals surface area contributed by atoms with Crippen LogP contribution in [0.25, 0.3) is 0 Å². The third-order valence-corrected chi connectivity index (χ3v) is 5.77. The van der Waals surface area contributed by atoms with Gasteiger partial charge in [-0.3, -0.25) is 5.43 Å². The summed E-state index contributed by atoms with van der Waals surface area (Å²) in [6.45, 7) is 6.93. The molecule has 0 radical (unpaired) electrons. The SMILES string of the molecule is Cc1cccc(/C=N/Nc2cc(N3CCOCC3)cc(OCCOC(=O)N3CCCCC3)n2)c1. The van der Waals surface area contributed by atoms with Crippen molar-refractivity contribution >= 4 is 23.8 Å². The number of hydrogen-bond acceptors (Lipinski definition) is 8. The number of aryl methyl sites for hydroxylation is 1. The summed E-state index contributed by atoms with van der Waals surface area (Å²) in [5.74, 6) is 1.03. The smallest absolute Gasteiger partial charge is 0.409 e. The average Bonchev–Trinajstić information content (AvgIpc) is 2.87. The fourth-order valence-electron chi connectivity index (χ4n) is 3.99. The van der Waals surface area contributed by atoms with Gasteiger partial charge in [-0.05, 0) is 31.7 Å². The number of pyridine rings is 1. The van der Waals surface area contributed by atoms with E-state index in [0.29, 0.717) is 24.9 Å². The van der Waals surface area contributed by atoms with Crippen molar-refractivity contribution in [2.75, 3.05) is 62.9 Å². The fraction of sp³-hybridized carbons (Fsp3) is 0.480. The zero-order chi connectivity index (χ0) is 23.6. The Morgan fingerprint density at radius 1 is 1.12 bits per heavy atom. The molecule has 4 rings (SSSR count). The van der Waals surface area contributed by atoms with Crippen LogP contribution in [0.5, 0.6) is 5.88 Å². The van der Waals surface area contributed by atoms with Gasteiger partial charge in [0.05, 0.1) is 19.4 Å². The summed E-state index contributed by atoms with van der Waals surface area (Å²) in [7, 11) is 0. The van der Waals surface area contributed by atoms with E-state index in [2.05, 4.69) is 26.5 Å². The molecule has 0 spiro atoms. The van der Waals surface area contributed by atoms with Crippen molar-refractivity contribution in [2.45, 2.75) is 26.2 Å². The zero-order valence-corrected chi connectivity index (χ0v) is 19.7. The van der Waals surface area contributed by atoms with Crippen LogP contribution in [0.2, 0.25) is 0 Å². The maximum absolute atomic E-state index is 12.2. The standard InChI is InChI=1S/C25H33N5O4/c1-20-6-5-7-21(16-20)19-26-28-23-17-22(29-10-12-32-13-11-29)18-24(27-23)33-14-15-34-25(31)30-8-3-2-4-9-30/h5-7,16-19H,2-4,8-15H2,1H3,(H,27,28)/b26-19+. The van der Waals surface area contributed by atoms with E-state index in [1.165, 1.54) is 12.0 Å². The Morgan fingerprint density at radius 2 is 1.94 bits per heavy atom. The molecule has 9 nitrogen and oxygen atoms in total. The van der Waals surface area contributed by atoms with Crippen LogP contribution in [-0.2, 0) is 9.47 Å². The summed E-state index contributed by atoms with van der Waals surface area (Å²) >= 11 is 0. The Bertz CT molecular complexity index is 972. The van der Waals surface area contributed by atoms with E-state index in [9.17, 15) is 4.79 Å². The number of hydrogen-bond donors (Lipinski definition) is 1. The third-order valence-electron chi connectivity index (χ3n) is 5.77. The van der Waals surface area contributed by atoms with Crippen LogP contribution in [0.3, 0.4) is 0 Å². The molecule has 34 heavy (non-hydrogen) atoms. The number of aromatic nitrogens is 1. The van der Waals surface area contributed by atoms with E-state index < -0.39 is 0 Å². The second-order valence-electron chi connectivity index (χ2n) is 8.44. The third kappa shape index (κ3) is 7.08. The van der Waals surface area contributed by atoms with E-state index in [1.807, 2.05) is 37.3 Å². The van der Waals surface area contributed by atoms with Crippen molar-refractivity contribution in [3.8, 4) is 5.88 Å². The fourth-order valence-corrected chi connectivity index (χ4v) is 3.99. The number of anilines is 2. The molecule has 0 atom stereocenters. The molecule has 0 saturated carbocycles. The van der Waals surface area contributed by atoms with Crippen molar-refractivity contribution < 1.29 is 19.0 Å². The van der Waals surface area contributed by atoms with Gasteiger partial charge in [-0.1, -0.05) is 29.8 Å². The second-order valence-corrected chi connectivity index (χ2v) is 8.44. The summed E-state index contributed by atoms with van der Waals surface area (Å²) in [4.78, 5) is 20.7. The summed E-state index contributed by atoms with van der Waals surface area (Å²) in [5, 5.41) is 4.34. The summed E-state index contributed by atoms with van der Waals surface area (Å²) < 4.78 is 16.7. The minimum Gasteiger partial charge on any atom is -0.474 e. The van der Waals surface area contributed by atoms with Crippen molar-refractivity contribution in [1.29, 1.82) is 0 Å². The molecule has 2 aliphatic rings. The molecule has 9 heteroatoms. The number of morpholine rings is 1. The lowest BCUT2D eigenvalue weighted by molar-refractivity contribution is 0.0817. The molecule has 1 aromatic carbocycles. The van der Waals surface area contributed by atoms with Crippen molar-refractivity contribution in [3.05, 3.63) is 47.5 Å².